The van der Waals surface area contributed by atoms with Crippen LogP contribution in [0.4, 0.5) is 0 Å². The van der Waals surface area contributed by atoms with Crippen LogP contribution in [0.3, 0.4) is 0 Å². The molecule has 90 valence electrons. The van der Waals surface area contributed by atoms with Gasteiger partial charge in [-0.2, -0.15) is 5.10 Å². The third kappa shape index (κ3) is 3.63. The zero-order valence-electron chi connectivity index (χ0n) is 9.96. The minimum Gasteiger partial charge on any atom is -0.351 e. The van der Waals surface area contributed by atoms with E-state index in [4.69, 9.17) is 0 Å². The molecule has 0 aliphatic rings. The second-order valence-corrected chi connectivity index (χ2v) is 5.39. The van der Waals surface area contributed by atoms with Crippen LogP contribution < -0.4 is 5.32 Å². The maximum atomic E-state index is 11.8. The number of rotatable bonds is 5. The van der Waals surface area contributed by atoms with Crippen LogP contribution in [0.15, 0.2) is 6.07 Å². The monoisotopic (exact) mass is 287 g/mol. The maximum absolute atomic E-state index is 11.8. The van der Waals surface area contributed by atoms with E-state index in [0.717, 1.165) is 18.5 Å². The molecule has 0 aromatic carbocycles. The Hall–Kier alpha value is -0.840. The molecule has 0 aliphatic carbocycles. The number of hydrogen-bond acceptors (Lipinski definition) is 2. The molecule has 1 unspecified atom stereocenters. The number of alkyl halides is 1. The minimum atomic E-state index is -0.0529. The number of amides is 1. The highest BCUT2D eigenvalue weighted by atomic mass is 79.9. The summed E-state index contributed by atoms with van der Waals surface area (Å²) < 4.78 is 1.63. The molecule has 0 aliphatic heterocycles. The Morgan fingerprint density at radius 3 is 2.88 bits per heavy atom. The van der Waals surface area contributed by atoms with Crippen LogP contribution in [0.2, 0.25) is 0 Å². The standard InChI is InChI=1S/C11H18BrN3O/c1-4-9-7-10(15(3)14-9)11(16)13-6-5-8(2)12/h7-8H,4-6H2,1-3H3,(H,13,16). The van der Waals surface area contributed by atoms with Crippen molar-refractivity contribution in [1.82, 2.24) is 15.1 Å². The Morgan fingerprint density at radius 2 is 2.38 bits per heavy atom. The zero-order chi connectivity index (χ0) is 12.1. The highest BCUT2D eigenvalue weighted by Crippen LogP contribution is 2.05. The predicted octanol–water partition coefficient (Wildman–Crippen LogP) is 1.89. The molecule has 0 saturated carbocycles. The van der Waals surface area contributed by atoms with Crippen molar-refractivity contribution in [2.24, 2.45) is 7.05 Å². The summed E-state index contributed by atoms with van der Waals surface area (Å²) >= 11 is 3.44. The van der Waals surface area contributed by atoms with E-state index in [1.807, 2.05) is 13.0 Å². The Kier molecular flexibility index (Phi) is 4.99. The van der Waals surface area contributed by atoms with E-state index in [1.165, 1.54) is 0 Å². The van der Waals surface area contributed by atoms with Gasteiger partial charge in [0.15, 0.2) is 0 Å². The first-order valence-corrected chi connectivity index (χ1v) is 6.41. The average Bonchev–Trinajstić information content (AvgIpc) is 2.59. The van der Waals surface area contributed by atoms with Gasteiger partial charge in [0.25, 0.3) is 5.91 Å². The van der Waals surface area contributed by atoms with Gasteiger partial charge in [0.05, 0.1) is 5.69 Å². The molecule has 1 aromatic rings. The van der Waals surface area contributed by atoms with Crippen LogP contribution in [0.1, 0.15) is 36.5 Å². The fourth-order valence-corrected chi connectivity index (χ4v) is 1.62. The van der Waals surface area contributed by atoms with Crippen molar-refractivity contribution >= 4 is 21.8 Å². The number of carbonyl (C=O) groups excluding carboxylic acids is 1. The smallest absolute Gasteiger partial charge is 0.269 e. The summed E-state index contributed by atoms with van der Waals surface area (Å²) in [6.07, 6.45) is 1.77. The molecule has 0 spiro atoms. The van der Waals surface area contributed by atoms with Crippen molar-refractivity contribution in [2.75, 3.05) is 6.54 Å². The molecule has 16 heavy (non-hydrogen) atoms. The molecule has 1 N–H and O–H groups in total. The van der Waals surface area contributed by atoms with Crippen molar-refractivity contribution < 1.29 is 4.79 Å². The SMILES string of the molecule is CCc1cc(C(=O)NCCC(C)Br)n(C)n1. The number of carbonyl (C=O) groups is 1. The minimum absolute atomic E-state index is 0.0529. The van der Waals surface area contributed by atoms with Crippen LogP contribution in [-0.2, 0) is 13.5 Å². The van der Waals surface area contributed by atoms with Crippen molar-refractivity contribution in [3.05, 3.63) is 17.5 Å². The van der Waals surface area contributed by atoms with Gasteiger partial charge in [0.1, 0.15) is 5.69 Å². The Balaban J connectivity index is 2.55. The number of nitrogens with one attached hydrogen (secondary N) is 1. The van der Waals surface area contributed by atoms with Crippen molar-refractivity contribution in [3.8, 4) is 0 Å². The van der Waals surface area contributed by atoms with E-state index in [2.05, 4.69) is 33.3 Å². The number of aryl methyl sites for hydroxylation is 2. The number of hydrogen-bond donors (Lipinski definition) is 1. The molecule has 5 heteroatoms. The molecule has 1 atom stereocenters. The van der Waals surface area contributed by atoms with Crippen molar-refractivity contribution in [1.29, 1.82) is 0 Å². The topological polar surface area (TPSA) is 46.9 Å². The first-order valence-electron chi connectivity index (χ1n) is 5.49. The predicted molar refractivity (Wildman–Crippen MR) is 67.9 cm³/mol. The van der Waals surface area contributed by atoms with Crippen LogP contribution in [0, 0.1) is 0 Å². The van der Waals surface area contributed by atoms with Gasteiger partial charge in [0, 0.05) is 18.4 Å². The zero-order valence-corrected chi connectivity index (χ0v) is 11.5. The second kappa shape index (κ2) is 6.03. The van der Waals surface area contributed by atoms with E-state index in [9.17, 15) is 4.79 Å². The molecule has 1 rings (SSSR count). The normalized spacial score (nSPS) is 12.5. The maximum Gasteiger partial charge on any atom is 0.269 e. The van der Waals surface area contributed by atoms with Crippen molar-refractivity contribution in [2.45, 2.75) is 31.5 Å². The van der Waals surface area contributed by atoms with Crippen LogP contribution in [0.25, 0.3) is 0 Å². The van der Waals surface area contributed by atoms with Crippen LogP contribution >= 0.6 is 15.9 Å². The lowest BCUT2D eigenvalue weighted by molar-refractivity contribution is 0.0944. The fourth-order valence-electron chi connectivity index (χ4n) is 1.39. The number of halogens is 1. The van der Waals surface area contributed by atoms with E-state index < -0.39 is 0 Å². The molecule has 1 aromatic heterocycles. The summed E-state index contributed by atoms with van der Waals surface area (Å²) in [5.41, 5.74) is 1.57. The number of aromatic nitrogens is 2. The molecule has 0 fully saturated rings. The molecular weight excluding hydrogens is 270 g/mol. The van der Waals surface area contributed by atoms with E-state index in [0.29, 0.717) is 17.1 Å². The molecule has 1 amide bonds. The van der Waals surface area contributed by atoms with E-state index >= 15 is 0 Å². The summed E-state index contributed by atoms with van der Waals surface area (Å²) in [5.74, 6) is -0.0529. The lowest BCUT2D eigenvalue weighted by Crippen LogP contribution is -2.27. The Morgan fingerprint density at radius 1 is 1.69 bits per heavy atom. The first kappa shape index (κ1) is 13.2. The third-order valence-electron chi connectivity index (χ3n) is 2.35. The molecule has 4 nitrogen and oxygen atoms in total. The van der Waals surface area contributed by atoms with Crippen molar-refractivity contribution in [3.63, 3.8) is 0 Å². The fraction of sp³-hybridized carbons (Fsp3) is 0.636. The molecule has 0 saturated heterocycles. The summed E-state index contributed by atoms with van der Waals surface area (Å²) in [6, 6.07) is 1.84. The van der Waals surface area contributed by atoms with Gasteiger partial charge in [-0.05, 0) is 18.9 Å². The van der Waals surface area contributed by atoms with Crippen LogP contribution in [-0.4, -0.2) is 27.1 Å². The summed E-state index contributed by atoms with van der Waals surface area (Å²) in [5, 5.41) is 7.12. The van der Waals surface area contributed by atoms with E-state index in [1.54, 1.807) is 11.7 Å². The van der Waals surface area contributed by atoms with Gasteiger partial charge in [-0.1, -0.05) is 29.8 Å². The third-order valence-corrected chi connectivity index (χ3v) is 2.81. The molecule has 0 bridgehead atoms. The molecule has 0 radical (unpaired) electrons. The van der Waals surface area contributed by atoms with Gasteiger partial charge in [-0.15, -0.1) is 0 Å². The van der Waals surface area contributed by atoms with Gasteiger partial charge < -0.3 is 5.32 Å². The summed E-state index contributed by atoms with van der Waals surface area (Å²) in [7, 11) is 1.79. The molecule has 1 heterocycles. The largest absolute Gasteiger partial charge is 0.351 e. The first-order chi connectivity index (χ1) is 7.54. The molecular formula is C11H18BrN3O. The lowest BCUT2D eigenvalue weighted by Gasteiger charge is -2.06. The van der Waals surface area contributed by atoms with Gasteiger partial charge >= 0.3 is 0 Å². The average molecular weight is 288 g/mol. The summed E-state index contributed by atoms with van der Waals surface area (Å²) in [6.45, 7) is 4.76. The van der Waals surface area contributed by atoms with Gasteiger partial charge in [0.2, 0.25) is 0 Å². The highest BCUT2D eigenvalue weighted by Gasteiger charge is 2.11. The Labute approximate surface area is 105 Å². The summed E-state index contributed by atoms with van der Waals surface area (Å²) in [4.78, 5) is 12.2. The quantitative estimate of drug-likeness (QED) is 0.841. The van der Waals surface area contributed by atoms with Gasteiger partial charge in [-0.3, -0.25) is 9.48 Å². The lowest BCUT2D eigenvalue weighted by atomic mass is 10.3. The second-order valence-electron chi connectivity index (χ2n) is 3.82. The van der Waals surface area contributed by atoms with E-state index in [-0.39, 0.29) is 5.91 Å². The highest BCUT2D eigenvalue weighted by molar-refractivity contribution is 9.09. The Bertz CT molecular complexity index is 360. The van der Waals surface area contributed by atoms with Gasteiger partial charge in [-0.25, -0.2) is 0 Å². The van der Waals surface area contributed by atoms with Crippen LogP contribution in [0.5, 0.6) is 0 Å². The number of nitrogens with zero attached hydrogens (tertiary/aromatic N) is 2.